The Morgan fingerprint density at radius 2 is 1.38 bits per heavy atom. The largest absolute Gasteiger partial charge is 0.0696 e. The molecule has 0 N–H and O–H groups in total. The van der Waals surface area contributed by atoms with Crippen molar-refractivity contribution in [2.75, 3.05) is 0 Å². The van der Waals surface area contributed by atoms with Gasteiger partial charge in [0.15, 0.2) is 0 Å². The molecular weight excluding hydrogens is 348 g/mol. The van der Waals surface area contributed by atoms with Crippen LogP contribution in [0.15, 0.2) is 42.0 Å². The van der Waals surface area contributed by atoms with Crippen molar-refractivity contribution in [1.29, 1.82) is 0 Å². The van der Waals surface area contributed by atoms with Crippen LogP contribution < -0.4 is 0 Å². The summed E-state index contributed by atoms with van der Waals surface area (Å²) >= 11 is 0. The van der Waals surface area contributed by atoms with Crippen LogP contribution in [0.3, 0.4) is 0 Å². The zero-order chi connectivity index (χ0) is 21.0. The van der Waals surface area contributed by atoms with Crippen molar-refractivity contribution >= 4 is 6.08 Å². The van der Waals surface area contributed by atoms with Crippen LogP contribution in [-0.2, 0) is 0 Å². The molecule has 1 saturated carbocycles. The molecule has 0 bridgehead atoms. The molecule has 0 spiro atoms. The van der Waals surface area contributed by atoms with E-state index in [0.29, 0.717) is 11.8 Å². The fraction of sp³-hybridized carbons (Fsp3) is 0.517. The molecule has 156 valence electrons. The van der Waals surface area contributed by atoms with Gasteiger partial charge in [-0.15, -0.1) is 0 Å². The first-order valence-electron chi connectivity index (χ1n) is 11.7. The lowest BCUT2D eigenvalue weighted by Gasteiger charge is -2.18. The predicted octanol–water partition coefficient (Wildman–Crippen LogP) is 8.89. The highest BCUT2D eigenvalue weighted by molar-refractivity contribution is 5.58. The summed E-state index contributed by atoms with van der Waals surface area (Å²) in [6.07, 6.45) is 10.5. The average Bonchev–Trinajstić information content (AvgIpc) is 3.24. The molecule has 0 radical (unpaired) electrons. The van der Waals surface area contributed by atoms with Crippen molar-refractivity contribution in [1.82, 2.24) is 0 Å². The first kappa shape index (κ1) is 21.9. The molecule has 2 atom stereocenters. The number of benzene rings is 2. The Bertz CT molecular complexity index is 848. The Morgan fingerprint density at radius 3 is 1.97 bits per heavy atom. The Hall–Kier alpha value is -1.82. The van der Waals surface area contributed by atoms with Gasteiger partial charge in [0.05, 0.1) is 0 Å². The molecule has 2 aromatic rings. The van der Waals surface area contributed by atoms with Crippen molar-refractivity contribution < 1.29 is 0 Å². The van der Waals surface area contributed by atoms with Gasteiger partial charge >= 0.3 is 0 Å². The van der Waals surface area contributed by atoms with Gasteiger partial charge in [-0.25, -0.2) is 0 Å². The van der Waals surface area contributed by atoms with Gasteiger partial charge in [-0.2, -0.15) is 0 Å². The lowest BCUT2D eigenvalue weighted by molar-refractivity contribution is 0.573. The van der Waals surface area contributed by atoms with Crippen LogP contribution in [0.25, 0.3) is 6.08 Å². The molecule has 0 heterocycles. The van der Waals surface area contributed by atoms with Crippen LogP contribution in [-0.4, -0.2) is 0 Å². The molecule has 0 saturated heterocycles. The van der Waals surface area contributed by atoms with E-state index in [-0.39, 0.29) is 0 Å². The van der Waals surface area contributed by atoms with Crippen LogP contribution >= 0.6 is 0 Å². The Labute approximate surface area is 179 Å². The lowest BCUT2D eigenvalue weighted by Crippen LogP contribution is -2.01. The van der Waals surface area contributed by atoms with E-state index in [1.54, 1.807) is 5.57 Å². The van der Waals surface area contributed by atoms with Crippen LogP contribution in [0, 0.1) is 26.7 Å². The molecule has 1 unspecified atom stereocenters. The molecule has 1 fully saturated rings. The molecule has 1 aliphatic rings. The van der Waals surface area contributed by atoms with E-state index >= 15 is 0 Å². The molecular formula is C29H40. The third-order valence-electron chi connectivity index (χ3n) is 7.39. The SMILES string of the molecule is C/C(=C\c1cc(C(C)CC[C@@H](C)c2ccc(C)c(C)c2)ccc1C)C1CCCC1. The maximum Gasteiger partial charge on any atom is -0.0190 e. The third-order valence-corrected chi connectivity index (χ3v) is 7.39. The van der Waals surface area contributed by atoms with Crippen molar-refractivity contribution in [2.45, 2.75) is 91.9 Å². The summed E-state index contributed by atoms with van der Waals surface area (Å²) in [5, 5.41) is 0. The van der Waals surface area contributed by atoms with Crippen molar-refractivity contribution in [3.8, 4) is 0 Å². The molecule has 0 nitrogen and oxygen atoms in total. The normalized spacial score (nSPS) is 17.5. The summed E-state index contributed by atoms with van der Waals surface area (Å²) in [6.45, 7) is 13.8. The zero-order valence-electron chi connectivity index (χ0n) is 19.5. The van der Waals surface area contributed by atoms with Crippen LogP contribution in [0.4, 0.5) is 0 Å². The number of hydrogen-bond donors (Lipinski definition) is 0. The van der Waals surface area contributed by atoms with Gasteiger partial charge in [0, 0.05) is 0 Å². The number of allylic oxidation sites excluding steroid dienone is 1. The van der Waals surface area contributed by atoms with E-state index < -0.39 is 0 Å². The van der Waals surface area contributed by atoms with Gasteiger partial charge in [0.1, 0.15) is 0 Å². The summed E-state index contributed by atoms with van der Waals surface area (Å²) < 4.78 is 0. The number of aryl methyl sites for hydroxylation is 3. The van der Waals surface area contributed by atoms with E-state index in [1.807, 2.05) is 0 Å². The Morgan fingerprint density at radius 1 is 0.828 bits per heavy atom. The van der Waals surface area contributed by atoms with Crippen molar-refractivity contribution in [2.24, 2.45) is 5.92 Å². The van der Waals surface area contributed by atoms with Gasteiger partial charge in [0.25, 0.3) is 0 Å². The second-order valence-electron chi connectivity index (χ2n) is 9.71. The van der Waals surface area contributed by atoms with Crippen LogP contribution in [0.1, 0.15) is 105 Å². The van der Waals surface area contributed by atoms with Crippen molar-refractivity contribution in [3.05, 3.63) is 75.4 Å². The van der Waals surface area contributed by atoms with Gasteiger partial charge in [0.2, 0.25) is 0 Å². The predicted molar refractivity (Wildman–Crippen MR) is 129 cm³/mol. The monoisotopic (exact) mass is 388 g/mol. The highest BCUT2D eigenvalue weighted by Gasteiger charge is 2.17. The Balaban J connectivity index is 1.66. The van der Waals surface area contributed by atoms with E-state index in [4.69, 9.17) is 0 Å². The fourth-order valence-corrected chi connectivity index (χ4v) is 4.77. The van der Waals surface area contributed by atoms with Gasteiger partial charge in [-0.1, -0.05) is 74.7 Å². The maximum atomic E-state index is 2.47. The van der Waals surface area contributed by atoms with Crippen molar-refractivity contribution in [3.63, 3.8) is 0 Å². The number of hydrogen-bond acceptors (Lipinski definition) is 0. The highest BCUT2D eigenvalue weighted by atomic mass is 14.2. The van der Waals surface area contributed by atoms with Crippen LogP contribution in [0.2, 0.25) is 0 Å². The van der Waals surface area contributed by atoms with E-state index in [0.717, 1.165) is 5.92 Å². The average molecular weight is 389 g/mol. The molecule has 0 amide bonds. The summed E-state index contributed by atoms with van der Waals surface area (Å²) in [5.74, 6) is 2.03. The zero-order valence-corrected chi connectivity index (χ0v) is 19.5. The molecule has 3 rings (SSSR count). The maximum absolute atomic E-state index is 2.47. The van der Waals surface area contributed by atoms with E-state index in [9.17, 15) is 0 Å². The van der Waals surface area contributed by atoms with Gasteiger partial charge in [-0.3, -0.25) is 0 Å². The molecule has 2 aromatic carbocycles. The molecule has 0 aromatic heterocycles. The number of rotatable bonds is 7. The van der Waals surface area contributed by atoms with Crippen LogP contribution in [0.5, 0.6) is 0 Å². The van der Waals surface area contributed by atoms with E-state index in [2.05, 4.69) is 84.0 Å². The summed E-state index contributed by atoms with van der Waals surface area (Å²) in [6, 6.07) is 14.1. The third kappa shape index (κ3) is 5.62. The first-order chi connectivity index (χ1) is 13.8. The van der Waals surface area contributed by atoms with Gasteiger partial charge in [-0.05, 0) is 105 Å². The summed E-state index contributed by atoms with van der Waals surface area (Å²) in [4.78, 5) is 0. The first-order valence-corrected chi connectivity index (χ1v) is 11.7. The summed E-state index contributed by atoms with van der Waals surface area (Å²) in [5.41, 5.74) is 10.2. The second-order valence-corrected chi connectivity index (χ2v) is 9.71. The smallest absolute Gasteiger partial charge is 0.0190 e. The topological polar surface area (TPSA) is 0 Å². The molecule has 1 aliphatic carbocycles. The Kier molecular flexibility index (Phi) is 7.38. The standard InChI is InChI=1S/C29H40/c1-20-13-15-27(17-24(20)5)21(2)11-12-22(3)28-16-14-23(4)29(19-28)18-25(6)26-9-7-8-10-26/h13-19,21-22,26H,7-12H2,1-6H3/b25-18+/t21-,22?/m1/s1. The minimum absolute atomic E-state index is 0.600. The molecule has 29 heavy (non-hydrogen) atoms. The summed E-state index contributed by atoms with van der Waals surface area (Å²) in [7, 11) is 0. The van der Waals surface area contributed by atoms with E-state index in [1.165, 1.54) is 71.9 Å². The fourth-order valence-electron chi connectivity index (χ4n) is 4.77. The second kappa shape index (κ2) is 9.79. The molecule has 0 heteroatoms. The minimum Gasteiger partial charge on any atom is -0.0696 e. The quantitative estimate of drug-likeness (QED) is 0.444. The minimum atomic E-state index is 0.600. The lowest BCUT2D eigenvalue weighted by atomic mass is 9.87. The highest BCUT2D eigenvalue weighted by Crippen LogP contribution is 2.33. The molecule has 0 aliphatic heterocycles. The van der Waals surface area contributed by atoms with Gasteiger partial charge < -0.3 is 0 Å².